The highest BCUT2D eigenvalue weighted by molar-refractivity contribution is 8.00. The van der Waals surface area contributed by atoms with E-state index in [1.165, 1.54) is 0 Å². The van der Waals surface area contributed by atoms with Gasteiger partial charge >= 0.3 is 0 Å². The Morgan fingerprint density at radius 3 is 2.46 bits per heavy atom. The van der Waals surface area contributed by atoms with Crippen LogP contribution in [-0.4, -0.2) is 9.73 Å². The molecule has 0 saturated carbocycles. The number of nitrogens with two attached hydrogens (primary N) is 1. The normalized spacial score (nSPS) is 11.7. The first-order chi connectivity index (χ1) is 5.87. The molecule has 1 heterocycles. The predicted octanol–water partition coefficient (Wildman–Crippen LogP) is 3.21. The van der Waals surface area contributed by atoms with Gasteiger partial charge in [-0.1, -0.05) is 32.4 Å². The molecule has 0 aliphatic rings. The van der Waals surface area contributed by atoms with Crippen molar-refractivity contribution >= 4 is 29.1 Å². The number of thioether (sulfide) groups is 1. The molecule has 0 bridgehead atoms. The third-order valence-electron chi connectivity index (χ3n) is 1.20. The van der Waals surface area contributed by atoms with Crippen molar-refractivity contribution in [2.75, 3.05) is 5.73 Å². The van der Waals surface area contributed by atoms with Gasteiger partial charge < -0.3 is 5.73 Å². The van der Waals surface area contributed by atoms with Gasteiger partial charge in [-0.05, 0) is 12.1 Å². The fourth-order valence-corrected chi connectivity index (χ4v) is 2.09. The highest BCUT2D eigenvalue weighted by Crippen LogP contribution is 2.32. The second kappa shape index (κ2) is 3.76. The Hall–Kier alpha value is -0.410. The van der Waals surface area contributed by atoms with Gasteiger partial charge in [-0.2, -0.15) is 0 Å². The number of aromatic nitrogens is 1. The Morgan fingerprint density at radius 2 is 2.00 bits per heavy atom. The zero-order valence-corrected chi connectivity index (χ0v) is 9.54. The summed E-state index contributed by atoms with van der Waals surface area (Å²) >= 11 is 7.43. The molecule has 1 aromatic heterocycles. The molecular weight excluding hydrogens is 204 g/mol. The molecule has 0 radical (unpaired) electrons. The van der Waals surface area contributed by atoms with Crippen molar-refractivity contribution < 1.29 is 0 Å². The third kappa shape index (κ3) is 3.87. The van der Waals surface area contributed by atoms with E-state index in [-0.39, 0.29) is 4.75 Å². The molecule has 0 aliphatic carbocycles. The lowest BCUT2D eigenvalue weighted by atomic mass is 10.3. The molecule has 0 aliphatic heterocycles. The Kier molecular flexibility index (Phi) is 3.09. The van der Waals surface area contributed by atoms with Gasteiger partial charge in [0, 0.05) is 10.4 Å². The van der Waals surface area contributed by atoms with Crippen LogP contribution in [0.4, 0.5) is 5.69 Å². The van der Waals surface area contributed by atoms with Crippen molar-refractivity contribution in [3.05, 3.63) is 17.3 Å². The second-order valence-electron chi connectivity index (χ2n) is 3.78. The van der Waals surface area contributed by atoms with Crippen LogP contribution in [0.1, 0.15) is 20.8 Å². The molecule has 1 rings (SSSR count). The number of anilines is 1. The minimum atomic E-state index is 0.129. The molecule has 2 N–H and O–H groups in total. The fraction of sp³-hybridized carbons (Fsp3) is 0.444. The highest BCUT2D eigenvalue weighted by Gasteiger charge is 2.13. The molecule has 0 aromatic carbocycles. The van der Waals surface area contributed by atoms with E-state index in [0.29, 0.717) is 10.8 Å². The van der Waals surface area contributed by atoms with Crippen LogP contribution >= 0.6 is 23.4 Å². The molecule has 0 amide bonds. The lowest BCUT2D eigenvalue weighted by Gasteiger charge is -2.16. The standard InChI is InChI=1S/C9H13ClN2S/c1-9(2,3)13-8-5-6(11)4-7(10)12-8/h4-5H,1-3H3,(H2,11,12). The zero-order chi connectivity index (χ0) is 10.1. The number of hydrogen-bond acceptors (Lipinski definition) is 3. The molecule has 1 aromatic rings. The van der Waals surface area contributed by atoms with E-state index in [0.717, 1.165) is 5.03 Å². The molecular formula is C9H13ClN2S. The average Bonchev–Trinajstić information content (AvgIpc) is 1.78. The Balaban J connectivity index is 2.90. The minimum Gasteiger partial charge on any atom is -0.399 e. The van der Waals surface area contributed by atoms with Crippen LogP contribution in [0.2, 0.25) is 5.15 Å². The Morgan fingerprint density at radius 1 is 1.38 bits per heavy atom. The van der Waals surface area contributed by atoms with Gasteiger partial charge in [0.2, 0.25) is 0 Å². The molecule has 72 valence electrons. The number of rotatable bonds is 1. The van der Waals surface area contributed by atoms with Crippen molar-refractivity contribution in [3.8, 4) is 0 Å². The SMILES string of the molecule is CC(C)(C)Sc1cc(N)cc(Cl)n1. The summed E-state index contributed by atoms with van der Waals surface area (Å²) in [5.41, 5.74) is 6.30. The molecule has 4 heteroatoms. The first kappa shape index (κ1) is 10.7. The highest BCUT2D eigenvalue weighted by atomic mass is 35.5. The summed E-state index contributed by atoms with van der Waals surface area (Å²) in [7, 11) is 0. The van der Waals surface area contributed by atoms with E-state index < -0.39 is 0 Å². The first-order valence-electron chi connectivity index (χ1n) is 3.99. The summed E-state index contributed by atoms with van der Waals surface area (Å²) in [6.45, 7) is 6.36. The number of hydrogen-bond donors (Lipinski definition) is 1. The van der Waals surface area contributed by atoms with Crippen LogP contribution in [0.3, 0.4) is 0 Å². The van der Waals surface area contributed by atoms with Crippen LogP contribution < -0.4 is 5.73 Å². The van der Waals surface area contributed by atoms with Crippen molar-refractivity contribution in [3.63, 3.8) is 0 Å². The molecule has 0 unspecified atom stereocenters. The topological polar surface area (TPSA) is 38.9 Å². The van der Waals surface area contributed by atoms with Gasteiger partial charge in [-0.25, -0.2) is 4.98 Å². The van der Waals surface area contributed by atoms with E-state index >= 15 is 0 Å². The van der Waals surface area contributed by atoms with Crippen LogP contribution in [0, 0.1) is 0 Å². The Labute approximate surface area is 87.9 Å². The maximum absolute atomic E-state index is 5.77. The van der Waals surface area contributed by atoms with Gasteiger partial charge in [0.05, 0.1) is 0 Å². The van der Waals surface area contributed by atoms with Crippen LogP contribution in [0.5, 0.6) is 0 Å². The minimum absolute atomic E-state index is 0.129. The molecule has 0 fully saturated rings. The van der Waals surface area contributed by atoms with Crippen LogP contribution in [-0.2, 0) is 0 Å². The summed E-state index contributed by atoms with van der Waals surface area (Å²) in [4.78, 5) is 4.17. The van der Waals surface area contributed by atoms with Gasteiger partial charge in [0.1, 0.15) is 10.2 Å². The Bertz CT molecular complexity index is 287. The summed E-state index contributed by atoms with van der Waals surface area (Å²) in [6.07, 6.45) is 0. The first-order valence-corrected chi connectivity index (χ1v) is 5.18. The molecule has 0 atom stereocenters. The number of nitrogen functional groups attached to an aromatic ring is 1. The van der Waals surface area contributed by atoms with Crippen molar-refractivity contribution in [2.45, 2.75) is 30.5 Å². The van der Waals surface area contributed by atoms with Gasteiger partial charge in [-0.15, -0.1) is 11.8 Å². The summed E-state index contributed by atoms with van der Waals surface area (Å²) in [6, 6.07) is 3.48. The lowest BCUT2D eigenvalue weighted by Crippen LogP contribution is -2.07. The summed E-state index contributed by atoms with van der Waals surface area (Å²) in [5, 5.41) is 1.32. The third-order valence-corrected chi connectivity index (χ3v) is 2.43. The summed E-state index contributed by atoms with van der Waals surface area (Å²) < 4.78 is 0.129. The van der Waals surface area contributed by atoms with E-state index in [2.05, 4.69) is 25.8 Å². The smallest absolute Gasteiger partial charge is 0.132 e. The quantitative estimate of drug-likeness (QED) is 0.579. The van der Waals surface area contributed by atoms with E-state index in [4.69, 9.17) is 17.3 Å². The van der Waals surface area contributed by atoms with Crippen LogP contribution in [0.25, 0.3) is 0 Å². The predicted molar refractivity (Wildman–Crippen MR) is 59.3 cm³/mol. The van der Waals surface area contributed by atoms with Crippen LogP contribution in [0.15, 0.2) is 17.2 Å². The van der Waals surface area contributed by atoms with Gasteiger partial charge in [0.15, 0.2) is 0 Å². The zero-order valence-electron chi connectivity index (χ0n) is 7.97. The maximum atomic E-state index is 5.77. The molecule has 0 saturated heterocycles. The van der Waals surface area contributed by atoms with Crippen molar-refractivity contribution in [1.82, 2.24) is 4.98 Å². The lowest BCUT2D eigenvalue weighted by molar-refractivity contribution is 0.799. The average molecular weight is 217 g/mol. The molecule has 2 nitrogen and oxygen atoms in total. The van der Waals surface area contributed by atoms with Crippen molar-refractivity contribution in [1.29, 1.82) is 0 Å². The summed E-state index contributed by atoms with van der Waals surface area (Å²) in [5.74, 6) is 0. The second-order valence-corrected chi connectivity index (χ2v) is 6.01. The van der Waals surface area contributed by atoms with E-state index in [9.17, 15) is 0 Å². The van der Waals surface area contributed by atoms with E-state index in [1.807, 2.05) is 6.07 Å². The maximum Gasteiger partial charge on any atom is 0.132 e. The molecule has 0 spiro atoms. The van der Waals surface area contributed by atoms with Gasteiger partial charge in [0.25, 0.3) is 0 Å². The van der Waals surface area contributed by atoms with E-state index in [1.54, 1.807) is 17.8 Å². The van der Waals surface area contributed by atoms with Crippen molar-refractivity contribution in [2.24, 2.45) is 0 Å². The largest absolute Gasteiger partial charge is 0.399 e. The van der Waals surface area contributed by atoms with Gasteiger partial charge in [-0.3, -0.25) is 0 Å². The molecule has 13 heavy (non-hydrogen) atoms. The monoisotopic (exact) mass is 216 g/mol. The number of pyridine rings is 1. The fourth-order valence-electron chi connectivity index (χ4n) is 0.858. The number of nitrogens with zero attached hydrogens (tertiary/aromatic N) is 1. The number of halogens is 1.